The lowest BCUT2D eigenvalue weighted by molar-refractivity contribution is -0.122. The van der Waals surface area contributed by atoms with E-state index in [0.29, 0.717) is 6.54 Å². The van der Waals surface area contributed by atoms with Crippen LogP contribution in [0.5, 0.6) is 0 Å². The minimum atomic E-state index is 0.182. The van der Waals surface area contributed by atoms with Gasteiger partial charge >= 0.3 is 0 Å². The Morgan fingerprint density at radius 1 is 1.10 bits per heavy atom. The standard InChI is InChI=1S/C18H20N2O/c21-18(16-8-4-5-9-16)20(17-10-2-1-3-11-17)14-15-7-6-12-19-13-15/h1-3,6-7,10-13,16H,4-5,8-9,14H2. The summed E-state index contributed by atoms with van der Waals surface area (Å²) in [6.07, 6.45) is 7.98. The second-order valence-electron chi connectivity index (χ2n) is 5.60. The molecule has 0 N–H and O–H groups in total. The van der Waals surface area contributed by atoms with E-state index in [4.69, 9.17) is 0 Å². The maximum absolute atomic E-state index is 12.9. The minimum Gasteiger partial charge on any atom is -0.308 e. The van der Waals surface area contributed by atoms with E-state index in [1.54, 1.807) is 6.20 Å². The minimum absolute atomic E-state index is 0.182. The molecule has 0 atom stereocenters. The molecule has 0 bridgehead atoms. The van der Waals surface area contributed by atoms with Gasteiger partial charge in [0.25, 0.3) is 0 Å². The molecule has 0 saturated heterocycles. The molecule has 0 radical (unpaired) electrons. The lowest BCUT2D eigenvalue weighted by Crippen LogP contribution is -2.34. The van der Waals surface area contributed by atoms with Crippen molar-refractivity contribution in [3.63, 3.8) is 0 Å². The van der Waals surface area contributed by atoms with Crippen LogP contribution in [-0.2, 0) is 11.3 Å². The molecule has 1 aliphatic carbocycles. The van der Waals surface area contributed by atoms with Crippen LogP contribution in [0, 0.1) is 5.92 Å². The van der Waals surface area contributed by atoms with Crippen LogP contribution in [0.15, 0.2) is 54.9 Å². The lowest BCUT2D eigenvalue weighted by Gasteiger charge is -2.26. The first-order valence-corrected chi connectivity index (χ1v) is 7.60. The monoisotopic (exact) mass is 280 g/mol. The Labute approximate surface area is 125 Å². The molecule has 0 aliphatic heterocycles. The van der Waals surface area contributed by atoms with Crippen molar-refractivity contribution in [2.45, 2.75) is 32.2 Å². The van der Waals surface area contributed by atoms with Gasteiger partial charge in [0.1, 0.15) is 0 Å². The van der Waals surface area contributed by atoms with Gasteiger partial charge in [0.2, 0.25) is 5.91 Å². The van der Waals surface area contributed by atoms with Crippen molar-refractivity contribution in [2.75, 3.05) is 4.90 Å². The van der Waals surface area contributed by atoms with Crippen LogP contribution in [-0.4, -0.2) is 10.9 Å². The van der Waals surface area contributed by atoms with Crippen molar-refractivity contribution in [2.24, 2.45) is 5.92 Å². The van der Waals surface area contributed by atoms with Crippen molar-refractivity contribution in [3.05, 3.63) is 60.4 Å². The van der Waals surface area contributed by atoms with Gasteiger partial charge in [-0.15, -0.1) is 0 Å². The zero-order chi connectivity index (χ0) is 14.5. The van der Waals surface area contributed by atoms with Crippen LogP contribution in [0.25, 0.3) is 0 Å². The van der Waals surface area contributed by atoms with E-state index >= 15 is 0 Å². The molecule has 0 unspecified atom stereocenters. The first kappa shape index (κ1) is 13.8. The third-order valence-corrected chi connectivity index (χ3v) is 4.10. The quantitative estimate of drug-likeness (QED) is 0.853. The second-order valence-corrected chi connectivity index (χ2v) is 5.60. The average molecular weight is 280 g/mol. The zero-order valence-electron chi connectivity index (χ0n) is 12.1. The molecule has 1 saturated carbocycles. The fourth-order valence-electron chi connectivity index (χ4n) is 2.97. The Morgan fingerprint density at radius 3 is 2.52 bits per heavy atom. The van der Waals surface area contributed by atoms with Crippen LogP contribution >= 0.6 is 0 Å². The molecule has 21 heavy (non-hydrogen) atoms. The molecule has 1 fully saturated rings. The molecule has 2 aromatic rings. The summed E-state index contributed by atoms with van der Waals surface area (Å²) in [5, 5.41) is 0. The van der Waals surface area contributed by atoms with E-state index in [1.807, 2.05) is 53.6 Å². The third-order valence-electron chi connectivity index (χ3n) is 4.10. The molecule has 1 amide bonds. The van der Waals surface area contributed by atoms with Crippen molar-refractivity contribution >= 4 is 11.6 Å². The SMILES string of the molecule is O=C(C1CCCC1)N(Cc1cccnc1)c1ccccc1. The van der Waals surface area contributed by atoms with Gasteiger partial charge in [0, 0.05) is 24.0 Å². The number of hydrogen-bond donors (Lipinski definition) is 0. The van der Waals surface area contributed by atoms with Crippen LogP contribution in [0.2, 0.25) is 0 Å². The second kappa shape index (κ2) is 6.53. The molecule has 1 aliphatic rings. The van der Waals surface area contributed by atoms with Crippen LogP contribution < -0.4 is 4.90 Å². The summed E-state index contributed by atoms with van der Waals surface area (Å²) in [7, 11) is 0. The third kappa shape index (κ3) is 3.30. The number of carbonyl (C=O) groups is 1. The number of para-hydroxylation sites is 1. The van der Waals surface area contributed by atoms with E-state index in [2.05, 4.69) is 4.98 Å². The molecule has 108 valence electrons. The average Bonchev–Trinajstić information content (AvgIpc) is 3.08. The highest BCUT2D eigenvalue weighted by atomic mass is 16.2. The first-order chi connectivity index (χ1) is 10.3. The van der Waals surface area contributed by atoms with E-state index < -0.39 is 0 Å². The fraction of sp³-hybridized carbons (Fsp3) is 0.333. The van der Waals surface area contributed by atoms with Gasteiger partial charge in [-0.3, -0.25) is 9.78 Å². The van der Waals surface area contributed by atoms with E-state index in [-0.39, 0.29) is 11.8 Å². The number of rotatable bonds is 4. The van der Waals surface area contributed by atoms with Gasteiger partial charge in [-0.2, -0.15) is 0 Å². The number of carbonyl (C=O) groups excluding carboxylic acids is 1. The highest BCUT2D eigenvalue weighted by Crippen LogP contribution is 2.29. The Morgan fingerprint density at radius 2 is 1.86 bits per heavy atom. The largest absolute Gasteiger partial charge is 0.308 e. The number of benzene rings is 1. The van der Waals surface area contributed by atoms with Gasteiger partial charge in [-0.25, -0.2) is 0 Å². The Balaban J connectivity index is 1.85. The van der Waals surface area contributed by atoms with Crippen molar-refractivity contribution < 1.29 is 4.79 Å². The van der Waals surface area contributed by atoms with Gasteiger partial charge in [0.15, 0.2) is 0 Å². The molecule has 3 rings (SSSR count). The molecule has 1 aromatic heterocycles. The van der Waals surface area contributed by atoms with Crippen molar-refractivity contribution in [3.8, 4) is 0 Å². The lowest BCUT2D eigenvalue weighted by atomic mass is 10.1. The highest BCUT2D eigenvalue weighted by molar-refractivity contribution is 5.95. The van der Waals surface area contributed by atoms with Crippen molar-refractivity contribution in [1.82, 2.24) is 4.98 Å². The smallest absolute Gasteiger partial charge is 0.230 e. The van der Waals surface area contributed by atoms with Crippen LogP contribution in [0.1, 0.15) is 31.2 Å². The molecule has 0 spiro atoms. The Bertz CT molecular complexity index is 577. The van der Waals surface area contributed by atoms with Gasteiger partial charge in [-0.1, -0.05) is 37.1 Å². The Kier molecular flexibility index (Phi) is 4.29. The maximum atomic E-state index is 12.9. The van der Waals surface area contributed by atoms with Crippen LogP contribution in [0.4, 0.5) is 5.69 Å². The predicted octanol–water partition coefficient (Wildman–Crippen LogP) is 3.81. The number of amides is 1. The Hall–Kier alpha value is -2.16. The van der Waals surface area contributed by atoms with Crippen LogP contribution in [0.3, 0.4) is 0 Å². The first-order valence-electron chi connectivity index (χ1n) is 7.60. The van der Waals surface area contributed by atoms with Gasteiger partial charge < -0.3 is 4.90 Å². The van der Waals surface area contributed by atoms with E-state index in [9.17, 15) is 4.79 Å². The number of pyridine rings is 1. The number of aromatic nitrogens is 1. The van der Waals surface area contributed by atoms with Crippen molar-refractivity contribution in [1.29, 1.82) is 0 Å². The zero-order valence-corrected chi connectivity index (χ0v) is 12.1. The molecule has 1 heterocycles. The number of hydrogen-bond acceptors (Lipinski definition) is 2. The van der Waals surface area contributed by atoms with E-state index in [0.717, 1.165) is 24.1 Å². The molecule has 3 nitrogen and oxygen atoms in total. The summed E-state index contributed by atoms with van der Waals surface area (Å²) in [5.74, 6) is 0.435. The molecular formula is C18H20N2O. The van der Waals surface area contributed by atoms with Gasteiger partial charge in [0.05, 0.1) is 6.54 Å². The fourth-order valence-corrected chi connectivity index (χ4v) is 2.97. The normalized spacial score (nSPS) is 15.0. The summed E-state index contributed by atoms with van der Waals surface area (Å²) in [6.45, 7) is 0.590. The summed E-state index contributed by atoms with van der Waals surface area (Å²) in [6, 6.07) is 13.9. The predicted molar refractivity (Wildman–Crippen MR) is 83.8 cm³/mol. The highest BCUT2D eigenvalue weighted by Gasteiger charge is 2.28. The maximum Gasteiger partial charge on any atom is 0.230 e. The number of nitrogens with zero attached hydrogens (tertiary/aromatic N) is 2. The molecular weight excluding hydrogens is 260 g/mol. The van der Waals surface area contributed by atoms with Gasteiger partial charge in [-0.05, 0) is 36.6 Å². The summed E-state index contributed by atoms with van der Waals surface area (Å²) >= 11 is 0. The van der Waals surface area contributed by atoms with E-state index in [1.165, 1.54) is 12.8 Å². The molecule has 1 aromatic carbocycles. The number of anilines is 1. The summed E-state index contributed by atoms with van der Waals surface area (Å²) < 4.78 is 0. The molecule has 3 heteroatoms. The summed E-state index contributed by atoms with van der Waals surface area (Å²) in [5.41, 5.74) is 2.03. The topological polar surface area (TPSA) is 33.2 Å². The summed E-state index contributed by atoms with van der Waals surface area (Å²) in [4.78, 5) is 18.9.